The fourth-order valence-electron chi connectivity index (χ4n) is 1.14. The second-order valence-corrected chi connectivity index (χ2v) is 3.42. The molecular weight excluding hydrogens is 274 g/mol. The number of rotatable bonds is 4. The lowest BCUT2D eigenvalue weighted by atomic mass is 10.2. The van der Waals surface area contributed by atoms with Gasteiger partial charge in [-0.1, -0.05) is 11.6 Å². The Morgan fingerprint density at radius 1 is 1.67 bits per heavy atom. The zero-order chi connectivity index (χ0) is 13.9. The predicted octanol–water partition coefficient (Wildman–Crippen LogP) is 2.76. The summed E-state index contributed by atoms with van der Waals surface area (Å²) in [7, 11) is 0. The number of carbonyl (C=O) groups excluding carboxylic acids is 1. The molecule has 1 aromatic heterocycles. The van der Waals surface area contributed by atoms with E-state index in [1.165, 1.54) is 6.92 Å². The summed E-state index contributed by atoms with van der Waals surface area (Å²) in [5, 5.41) is 10.2. The Balaban J connectivity index is 3.36. The highest BCUT2D eigenvalue weighted by Gasteiger charge is 2.30. The third kappa shape index (κ3) is 2.89. The highest BCUT2D eigenvalue weighted by molar-refractivity contribution is 6.33. The summed E-state index contributed by atoms with van der Waals surface area (Å²) in [4.78, 5) is 24.0. The Morgan fingerprint density at radius 3 is 2.72 bits per heavy atom. The molecule has 0 spiro atoms. The van der Waals surface area contributed by atoms with Gasteiger partial charge < -0.3 is 14.9 Å². The summed E-state index contributed by atoms with van der Waals surface area (Å²) in [6, 6.07) is 0.642. The SMILES string of the molecule is CCOC(=O)c1nc([N+](=O)[O-])c(C(F)F)cc1Cl. The quantitative estimate of drug-likeness (QED) is 0.481. The number of hydrogen-bond donors (Lipinski definition) is 0. The maximum atomic E-state index is 12.5. The van der Waals surface area contributed by atoms with Crippen LogP contribution in [0.1, 0.15) is 29.4 Å². The van der Waals surface area contributed by atoms with E-state index in [9.17, 15) is 23.7 Å². The van der Waals surface area contributed by atoms with Gasteiger partial charge in [-0.15, -0.1) is 0 Å². The van der Waals surface area contributed by atoms with Crippen molar-refractivity contribution in [3.8, 4) is 0 Å². The van der Waals surface area contributed by atoms with Gasteiger partial charge in [-0.2, -0.15) is 0 Å². The summed E-state index contributed by atoms with van der Waals surface area (Å²) in [6.07, 6.45) is -3.12. The van der Waals surface area contributed by atoms with Crippen LogP contribution in [0.2, 0.25) is 5.02 Å². The number of esters is 1. The maximum absolute atomic E-state index is 12.5. The number of ether oxygens (including phenoxy) is 1. The van der Waals surface area contributed by atoms with Crippen molar-refractivity contribution >= 4 is 23.4 Å². The van der Waals surface area contributed by atoms with E-state index < -0.39 is 39.4 Å². The maximum Gasteiger partial charge on any atom is 0.384 e. The molecule has 1 heterocycles. The van der Waals surface area contributed by atoms with Gasteiger partial charge in [-0.3, -0.25) is 0 Å². The summed E-state index contributed by atoms with van der Waals surface area (Å²) in [5.41, 5.74) is -1.51. The third-order valence-electron chi connectivity index (χ3n) is 1.86. The monoisotopic (exact) mass is 280 g/mol. The zero-order valence-electron chi connectivity index (χ0n) is 9.02. The average Bonchev–Trinajstić information content (AvgIpc) is 2.28. The Kier molecular flexibility index (Phi) is 4.49. The van der Waals surface area contributed by atoms with Crippen LogP contribution in [-0.2, 0) is 4.74 Å². The summed E-state index contributed by atoms with van der Waals surface area (Å²) >= 11 is 5.56. The van der Waals surface area contributed by atoms with Crippen molar-refractivity contribution in [2.75, 3.05) is 6.61 Å². The summed E-state index contributed by atoms with van der Waals surface area (Å²) < 4.78 is 29.6. The summed E-state index contributed by atoms with van der Waals surface area (Å²) in [5.74, 6) is -2.12. The average molecular weight is 281 g/mol. The Morgan fingerprint density at radius 2 is 2.28 bits per heavy atom. The topological polar surface area (TPSA) is 82.3 Å². The van der Waals surface area contributed by atoms with Gasteiger partial charge in [0.25, 0.3) is 12.1 Å². The van der Waals surface area contributed by atoms with Gasteiger partial charge in [0.05, 0.1) is 6.61 Å². The van der Waals surface area contributed by atoms with Crippen LogP contribution >= 0.6 is 11.6 Å². The van der Waals surface area contributed by atoms with Gasteiger partial charge in [0, 0.05) is 0 Å². The molecule has 0 unspecified atom stereocenters. The van der Waals surface area contributed by atoms with Crippen molar-refractivity contribution in [3.05, 3.63) is 32.5 Å². The summed E-state index contributed by atoms with van der Waals surface area (Å²) in [6.45, 7) is 1.51. The number of nitro groups is 1. The largest absolute Gasteiger partial charge is 0.460 e. The van der Waals surface area contributed by atoms with Crippen LogP contribution in [0.5, 0.6) is 0 Å². The number of aromatic nitrogens is 1. The molecule has 18 heavy (non-hydrogen) atoms. The molecule has 0 aliphatic rings. The van der Waals surface area contributed by atoms with Crippen LogP contribution in [0.15, 0.2) is 6.07 Å². The molecule has 0 aliphatic carbocycles. The van der Waals surface area contributed by atoms with Gasteiger partial charge in [-0.05, 0) is 22.9 Å². The molecule has 0 radical (unpaired) electrons. The van der Waals surface area contributed by atoms with Gasteiger partial charge in [0.2, 0.25) is 0 Å². The third-order valence-corrected chi connectivity index (χ3v) is 2.15. The first kappa shape index (κ1) is 14.2. The molecule has 0 bridgehead atoms. The minimum atomic E-state index is -3.12. The Bertz CT molecular complexity index is 496. The van der Waals surface area contributed by atoms with Gasteiger partial charge in [-0.25, -0.2) is 13.6 Å². The number of alkyl halides is 2. The molecule has 0 aliphatic heterocycles. The van der Waals surface area contributed by atoms with Crippen molar-refractivity contribution in [1.29, 1.82) is 0 Å². The molecule has 0 amide bonds. The second-order valence-electron chi connectivity index (χ2n) is 3.01. The Labute approximate surface area is 105 Å². The molecule has 1 rings (SSSR count). The lowest BCUT2D eigenvalue weighted by molar-refractivity contribution is -0.391. The first-order chi connectivity index (χ1) is 8.38. The Hall–Kier alpha value is -1.83. The van der Waals surface area contributed by atoms with E-state index in [1.807, 2.05) is 0 Å². The number of halogens is 3. The smallest absolute Gasteiger partial charge is 0.384 e. The first-order valence-electron chi connectivity index (χ1n) is 4.68. The van der Waals surface area contributed by atoms with Crippen molar-refractivity contribution in [2.45, 2.75) is 13.3 Å². The lowest BCUT2D eigenvalue weighted by Crippen LogP contribution is -2.11. The van der Waals surface area contributed by atoms with E-state index in [0.717, 1.165) is 0 Å². The molecule has 6 nitrogen and oxygen atoms in total. The number of nitrogens with zero attached hydrogens (tertiary/aromatic N) is 2. The standard InChI is InChI=1S/C9H7ClF2N2O4/c1-2-18-9(15)6-5(10)3-4(7(11)12)8(13-6)14(16)17/h3,7H,2H2,1H3. The highest BCUT2D eigenvalue weighted by Crippen LogP contribution is 2.31. The van der Waals surface area contributed by atoms with Gasteiger partial charge in [0.15, 0.2) is 0 Å². The van der Waals surface area contributed by atoms with E-state index in [1.54, 1.807) is 0 Å². The molecular formula is C9H7ClF2N2O4. The van der Waals surface area contributed by atoms with E-state index in [2.05, 4.69) is 9.72 Å². The fraction of sp³-hybridized carbons (Fsp3) is 0.333. The van der Waals surface area contributed by atoms with E-state index in [4.69, 9.17) is 11.6 Å². The van der Waals surface area contributed by atoms with Crippen LogP contribution in [0, 0.1) is 10.1 Å². The molecule has 0 saturated heterocycles. The highest BCUT2D eigenvalue weighted by atomic mass is 35.5. The molecule has 1 aromatic rings. The molecule has 0 fully saturated rings. The molecule has 0 atom stereocenters. The molecule has 0 N–H and O–H groups in total. The lowest BCUT2D eigenvalue weighted by Gasteiger charge is -2.04. The predicted molar refractivity (Wildman–Crippen MR) is 56.8 cm³/mol. The van der Waals surface area contributed by atoms with Gasteiger partial charge in [0.1, 0.15) is 10.6 Å². The van der Waals surface area contributed by atoms with Crippen LogP contribution in [-0.4, -0.2) is 22.5 Å². The molecule has 0 saturated carbocycles. The minimum Gasteiger partial charge on any atom is -0.460 e. The number of pyridine rings is 1. The van der Waals surface area contributed by atoms with Crippen LogP contribution < -0.4 is 0 Å². The molecule has 0 aromatic carbocycles. The van der Waals surface area contributed by atoms with Crippen molar-refractivity contribution in [3.63, 3.8) is 0 Å². The molecule has 98 valence electrons. The second kappa shape index (κ2) is 5.67. The van der Waals surface area contributed by atoms with Crippen molar-refractivity contribution in [1.82, 2.24) is 4.98 Å². The minimum absolute atomic E-state index is 0.00123. The number of carbonyl (C=O) groups is 1. The van der Waals surface area contributed by atoms with Gasteiger partial charge >= 0.3 is 11.8 Å². The zero-order valence-corrected chi connectivity index (χ0v) is 9.78. The number of hydrogen-bond acceptors (Lipinski definition) is 5. The normalized spacial score (nSPS) is 10.5. The fourth-order valence-corrected chi connectivity index (χ4v) is 1.38. The van der Waals surface area contributed by atoms with E-state index >= 15 is 0 Å². The van der Waals surface area contributed by atoms with E-state index in [0.29, 0.717) is 6.07 Å². The van der Waals surface area contributed by atoms with Crippen LogP contribution in [0.4, 0.5) is 14.6 Å². The van der Waals surface area contributed by atoms with E-state index in [-0.39, 0.29) is 6.61 Å². The first-order valence-corrected chi connectivity index (χ1v) is 5.06. The van der Waals surface area contributed by atoms with Crippen LogP contribution in [0.3, 0.4) is 0 Å². The van der Waals surface area contributed by atoms with Crippen LogP contribution in [0.25, 0.3) is 0 Å². The van der Waals surface area contributed by atoms with Crippen molar-refractivity contribution < 1.29 is 23.2 Å². The van der Waals surface area contributed by atoms with Crippen molar-refractivity contribution in [2.24, 2.45) is 0 Å². The molecule has 9 heteroatoms.